The van der Waals surface area contributed by atoms with E-state index in [9.17, 15) is 14.0 Å². The van der Waals surface area contributed by atoms with E-state index < -0.39 is 5.82 Å². The van der Waals surface area contributed by atoms with Gasteiger partial charge < -0.3 is 15.0 Å². The minimum atomic E-state index is -0.516. The van der Waals surface area contributed by atoms with Crippen LogP contribution in [-0.4, -0.2) is 65.7 Å². The van der Waals surface area contributed by atoms with Gasteiger partial charge in [0.15, 0.2) is 11.6 Å². The predicted octanol–water partition coefficient (Wildman–Crippen LogP) is 4.44. The van der Waals surface area contributed by atoms with Gasteiger partial charge in [0.25, 0.3) is 5.56 Å². The number of methoxy groups -OCH3 is 1. The Hall–Kier alpha value is -3.46. The number of carbonyl (C=O) groups is 1. The number of hydrogen-bond acceptors (Lipinski definition) is 6. The van der Waals surface area contributed by atoms with E-state index in [4.69, 9.17) is 9.72 Å². The average molecular weight is 538 g/mol. The lowest BCUT2D eigenvalue weighted by atomic mass is 10.1. The SMILES string of the molecule is CCCC(C)N1CCCN(c2ccc3nc(-c4ccc(F)c(OC)c4)n(CC(=O)NC(C)C)c(=O)c3c2)CC1. The molecule has 1 amide bonds. The molecule has 0 bridgehead atoms. The molecule has 9 heteroatoms. The summed E-state index contributed by atoms with van der Waals surface area (Å²) in [7, 11) is 1.38. The highest BCUT2D eigenvalue weighted by Gasteiger charge is 2.21. The number of carbonyl (C=O) groups excluding carboxylic acids is 1. The van der Waals surface area contributed by atoms with Gasteiger partial charge in [0.05, 0.1) is 18.0 Å². The highest BCUT2D eigenvalue weighted by Crippen LogP contribution is 2.27. The van der Waals surface area contributed by atoms with Crippen LogP contribution in [0.2, 0.25) is 0 Å². The Morgan fingerprint density at radius 3 is 2.62 bits per heavy atom. The highest BCUT2D eigenvalue weighted by atomic mass is 19.1. The molecule has 2 heterocycles. The molecular weight excluding hydrogens is 497 g/mol. The summed E-state index contributed by atoms with van der Waals surface area (Å²) in [5.41, 5.74) is 1.67. The van der Waals surface area contributed by atoms with E-state index in [0.717, 1.165) is 38.3 Å². The van der Waals surface area contributed by atoms with Crippen molar-refractivity contribution in [3.63, 3.8) is 0 Å². The molecule has 1 aromatic heterocycles. The normalized spacial score (nSPS) is 15.4. The Balaban J connectivity index is 1.74. The molecule has 0 spiro atoms. The molecule has 210 valence electrons. The number of rotatable bonds is 9. The van der Waals surface area contributed by atoms with Crippen molar-refractivity contribution in [2.75, 3.05) is 38.2 Å². The van der Waals surface area contributed by atoms with Gasteiger partial charge in [-0.1, -0.05) is 13.3 Å². The van der Waals surface area contributed by atoms with Gasteiger partial charge in [-0.05, 0) is 70.0 Å². The molecule has 1 aliphatic rings. The highest BCUT2D eigenvalue weighted by molar-refractivity contribution is 5.84. The fraction of sp³-hybridized carbons (Fsp3) is 0.500. The molecule has 0 radical (unpaired) electrons. The molecule has 39 heavy (non-hydrogen) atoms. The largest absolute Gasteiger partial charge is 0.494 e. The van der Waals surface area contributed by atoms with E-state index in [2.05, 4.69) is 29.0 Å². The maximum absolute atomic E-state index is 14.1. The minimum absolute atomic E-state index is 0.0406. The number of halogens is 1. The van der Waals surface area contributed by atoms with Gasteiger partial charge in [0.2, 0.25) is 5.91 Å². The summed E-state index contributed by atoms with van der Waals surface area (Å²) in [5, 5.41) is 3.29. The first kappa shape index (κ1) is 28.5. The van der Waals surface area contributed by atoms with E-state index in [1.807, 2.05) is 32.0 Å². The molecule has 3 aromatic rings. The first-order valence-corrected chi connectivity index (χ1v) is 13.9. The Bertz CT molecular complexity index is 1370. The van der Waals surface area contributed by atoms with Gasteiger partial charge in [0, 0.05) is 49.5 Å². The molecule has 0 aliphatic carbocycles. The lowest BCUT2D eigenvalue weighted by Crippen LogP contribution is -2.37. The van der Waals surface area contributed by atoms with Crippen LogP contribution in [0.5, 0.6) is 5.75 Å². The fourth-order valence-electron chi connectivity index (χ4n) is 5.32. The quantitative estimate of drug-likeness (QED) is 0.435. The number of fused-ring (bicyclic) bond motifs is 1. The fourth-order valence-corrected chi connectivity index (χ4v) is 5.32. The van der Waals surface area contributed by atoms with Crippen LogP contribution in [-0.2, 0) is 11.3 Å². The summed E-state index contributed by atoms with van der Waals surface area (Å²) in [6, 6.07) is 10.5. The zero-order chi connectivity index (χ0) is 28.1. The Kier molecular flexibility index (Phi) is 9.22. The maximum atomic E-state index is 14.1. The van der Waals surface area contributed by atoms with E-state index in [-0.39, 0.29) is 35.6 Å². The molecule has 8 nitrogen and oxygen atoms in total. The van der Waals surface area contributed by atoms with E-state index >= 15 is 0 Å². The summed E-state index contributed by atoms with van der Waals surface area (Å²) in [6.45, 7) is 11.9. The standard InChI is InChI=1S/C30H40FN5O3/c1-6-8-21(4)34-13-7-14-35(16-15-34)23-10-12-26-24(18-23)30(38)36(19-28(37)32-20(2)3)29(33-26)22-9-11-25(31)27(17-22)39-5/h9-12,17-18,20-21H,6-8,13-16,19H2,1-5H3,(H,32,37). The van der Waals surface area contributed by atoms with Crippen molar-refractivity contribution in [3.05, 3.63) is 52.6 Å². The van der Waals surface area contributed by atoms with Crippen LogP contribution in [0.15, 0.2) is 41.2 Å². The molecule has 1 N–H and O–H groups in total. The lowest BCUT2D eigenvalue weighted by molar-refractivity contribution is -0.122. The van der Waals surface area contributed by atoms with Crippen molar-refractivity contribution in [3.8, 4) is 17.1 Å². The van der Waals surface area contributed by atoms with Crippen molar-refractivity contribution in [2.24, 2.45) is 0 Å². The van der Waals surface area contributed by atoms with Crippen LogP contribution in [0.1, 0.15) is 47.0 Å². The van der Waals surface area contributed by atoms with Crippen molar-refractivity contribution in [1.29, 1.82) is 0 Å². The van der Waals surface area contributed by atoms with E-state index in [1.165, 1.54) is 36.7 Å². The zero-order valence-corrected chi connectivity index (χ0v) is 23.7. The monoisotopic (exact) mass is 537 g/mol. The second kappa shape index (κ2) is 12.6. The number of aromatic nitrogens is 2. The van der Waals surface area contributed by atoms with Crippen molar-refractivity contribution >= 4 is 22.5 Å². The molecule has 1 aliphatic heterocycles. The third-order valence-electron chi connectivity index (χ3n) is 7.32. The second-order valence-corrected chi connectivity index (χ2v) is 10.6. The van der Waals surface area contributed by atoms with Crippen molar-refractivity contribution in [1.82, 2.24) is 19.8 Å². The molecule has 1 fully saturated rings. The first-order chi connectivity index (χ1) is 18.7. The topological polar surface area (TPSA) is 79.7 Å². The molecule has 1 unspecified atom stereocenters. The summed E-state index contributed by atoms with van der Waals surface area (Å²) in [4.78, 5) is 36.3. The summed E-state index contributed by atoms with van der Waals surface area (Å²) in [5.74, 6) is -0.488. The van der Waals surface area contributed by atoms with Crippen LogP contribution in [0.3, 0.4) is 0 Å². The van der Waals surface area contributed by atoms with Crippen molar-refractivity contribution < 1.29 is 13.9 Å². The molecule has 1 saturated heterocycles. The minimum Gasteiger partial charge on any atom is -0.494 e. The number of hydrogen-bond donors (Lipinski definition) is 1. The van der Waals surface area contributed by atoms with Crippen LogP contribution in [0.25, 0.3) is 22.3 Å². The van der Waals surface area contributed by atoms with Gasteiger partial charge in [-0.3, -0.25) is 19.1 Å². The zero-order valence-electron chi connectivity index (χ0n) is 23.7. The number of nitrogens with one attached hydrogen (secondary N) is 1. The smallest absolute Gasteiger partial charge is 0.262 e. The Labute approximate surface area is 229 Å². The van der Waals surface area contributed by atoms with Gasteiger partial charge >= 0.3 is 0 Å². The summed E-state index contributed by atoms with van der Waals surface area (Å²) >= 11 is 0. The molecular formula is C30H40FN5O3. The van der Waals surface area contributed by atoms with Gasteiger partial charge in [-0.15, -0.1) is 0 Å². The summed E-state index contributed by atoms with van der Waals surface area (Å²) in [6.07, 6.45) is 3.41. The number of nitrogens with zero attached hydrogens (tertiary/aromatic N) is 4. The third kappa shape index (κ3) is 6.58. The Morgan fingerprint density at radius 1 is 1.10 bits per heavy atom. The lowest BCUT2D eigenvalue weighted by Gasteiger charge is -2.28. The predicted molar refractivity (Wildman–Crippen MR) is 154 cm³/mol. The number of anilines is 1. The summed E-state index contributed by atoms with van der Waals surface area (Å²) < 4.78 is 20.7. The number of amides is 1. The number of benzene rings is 2. The molecule has 0 saturated carbocycles. The van der Waals surface area contributed by atoms with Crippen LogP contribution >= 0.6 is 0 Å². The average Bonchev–Trinajstić information content (AvgIpc) is 3.17. The van der Waals surface area contributed by atoms with Gasteiger partial charge in [-0.2, -0.15) is 0 Å². The van der Waals surface area contributed by atoms with Gasteiger partial charge in [-0.25, -0.2) is 9.37 Å². The van der Waals surface area contributed by atoms with Crippen LogP contribution in [0, 0.1) is 5.82 Å². The van der Waals surface area contributed by atoms with Crippen LogP contribution < -0.4 is 20.5 Å². The molecule has 4 rings (SSSR count). The Morgan fingerprint density at radius 2 is 1.90 bits per heavy atom. The second-order valence-electron chi connectivity index (χ2n) is 10.6. The molecule has 1 atom stereocenters. The van der Waals surface area contributed by atoms with Crippen molar-refractivity contribution in [2.45, 2.75) is 65.6 Å². The molecule has 2 aromatic carbocycles. The van der Waals surface area contributed by atoms with Crippen LogP contribution in [0.4, 0.5) is 10.1 Å². The maximum Gasteiger partial charge on any atom is 0.262 e. The first-order valence-electron chi connectivity index (χ1n) is 13.9. The van der Waals surface area contributed by atoms with E-state index in [1.54, 1.807) is 6.07 Å². The number of ether oxygens (including phenoxy) is 1. The van der Waals surface area contributed by atoms with Gasteiger partial charge in [0.1, 0.15) is 12.4 Å². The third-order valence-corrected chi connectivity index (χ3v) is 7.32. The van der Waals surface area contributed by atoms with E-state index in [0.29, 0.717) is 22.5 Å².